The lowest BCUT2D eigenvalue weighted by Gasteiger charge is -1.90. The molecule has 2 rings (SSSR count). The summed E-state index contributed by atoms with van der Waals surface area (Å²) in [6.07, 6.45) is 3.21. The van der Waals surface area contributed by atoms with Crippen molar-refractivity contribution in [2.24, 2.45) is 0 Å². The molecule has 0 aliphatic rings. The van der Waals surface area contributed by atoms with Gasteiger partial charge in [-0.05, 0) is 6.07 Å². The summed E-state index contributed by atoms with van der Waals surface area (Å²) >= 11 is 0. The molecule has 0 aliphatic carbocycles. The van der Waals surface area contributed by atoms with Gasteiger partial charge in [-0.2, -0.15) is 0 Å². The van der Waals surface area contributed by atoms with Crippen LogP contribution in [0.1, 0.15) is 0 Å². The van der Waals surface area contributed by atoms with Crippen molar-refractivity contribution >= 4 is 24.5 Å². The zero-order valence-corrected chi connectivity index (χ0v) is 5.20. The number of nitrogens with one attached hydrogen (secondary N) is 1. The number of nitrogens with zero attached hydrogens (tertiary/aromatic N) is 2. The molecule has 0 saturated heterocycles. The monoisotopic (exact) mass is 129 g/mol. The molecule has 3 nitrogen and oxygen atoms in total. The van der Waals surface area contributed by atoms with Crippen molar-refractivity contribution in [2.45, 2.75) is 0 Å². The second-order valence-corrected chi connectivity index (χ2v) is 2.00. The van der Waals surface area contributed by atoms with Crippen LogP contribution in [0.15, 0.2) is 18.6 Å². The van der Waals surface area contributed by atoms with Gasteiger partial charge < -0.3 is 4.98 Å². The van der Waals surface area contributed by atoms with Crippen molar-refractivity contribution in [1.29, 1.82) is 0 Å². The van der Waals surface area contributed by atoms with E-state index in [-0.39, 0.29) is 0 Å². The minimum atomic E-state index is 0.667. The van der Waals surface area contributed by atoms with Gasteiger partial charge in [0.05, 0.1) is 11.8 Å². The number of hydrogen-bond acceptors (Lipinski definition) is 2. The third kappa shape index (κ3) is 0.619. The summed E-state index contributed by atoms with van der Waals surface area (Å²) in [5.74, 6) is 0. The van der Waals surface area contributed by atoms with E-state index in [0.717, 1.165) is 5.52 Å². The summed E-state index contributed by atoms with van der Waals surface area (Å²) in [6.45, 7) is 0. The second-order valence-electron chi connectivity index (χ2n) is 2.00. The van der Waals surface area contributed by atoms with Gasteiger partial charge >= 0.3 is 0 Å². The van der Waals surface area contributed by atoms with Crippen LogP contribution in [0.5, 0.6) is 0 Å². The first-order valence-electron chi connectivity index (χ1n) is 2.91. The minimum Gasteiger partial charge on any atom is -0.344 e. The predicted molar refractivity (Wildman–Crippen MR) is 39.3 cm³/mol. The van der Waals surface area contributed by atoms with Gasteiger partial charge in [-0.1, -0.05) is 5.46 Å². The smallest absolute Gasteiger partial charge is 0.176 e. The average Bonchev–Trinajstić information content (AvgIpc) is 2.36. The molecule has 1 N–H and O–H groups in total. The van der Waals surface area contributed by atoms with Crippen molar-refractivity contribution in [3.05, 3.63) is 18.6 Å². The van der Waals surface area contributed by atoms with Gasteiger partial charge in [-0.25, -0.2) is 9.97 Å². The van der Waals surface area contributed by atoms with E-state index in [4.69, 9.17) is 7.85 Å². The lowest BCUT2D eigenvalue weighted by Crippen LogP contribution is -2.03. The van der Waals surface area contributed by atoms with Crippen molar-refractivity contribution < 1.29 is 0 Å². The van der Waals surface area contributed by atoms with Gasteiger partial charge in [0.1, 0.15) is 7.85 Å². The summed E-state index contributed by atoms with van der Waals surface area (Å²) in [5, 5.41) is 0. The zero-order chi connectivity index (χ0) is 6.97. The third-order valence-electron chi connectivity index (χ3n) is 1.36. The lowest BCUT2D eigenvalue weighted by atomic mass is 9.97. The van der Waals surface area contributed by atoms with E-state index in [1.165, 1.54) is 0 Å². The van der Waals surface area contributed by atoms with Crippen LogP contribution in [0.2, 0.25) is 0 Å². The molecule has 0 saturated carbocycles. The molecular formula is C6H4BN3. The van der Waals surface area contributed by atoms with Crippen molar-refractivity contribution in [3.63, 3.8) is 0 Å². The van der Waals surface area contributed by atoms with Gasteiger partial charge in [0.15, 0.2) is 5.65 Å². The van der Waals surface area contributed by atoms with Crippen LogP contribution in [0.3, 0.4) is 0 Å². The fraction of sp³-hybridized carbons (Fsp3) is 0. The second kappa shape index (κ2) is 1.83. The van der Waals surface area contributed by atoms with Gasteiger partial charge in [-0.3, -0.25) is 0 Å². The minimum absolute atomic E-state index is 0.667. The molecule has 2 heterocycles. The van der Waals surface area contributed by atoms with E-state index in [1.54, 1.807) is 18.6 Å². The molecule has 0 bridgehead atoms. The molecular weight excluding hydrogens is 125 g/mol. The van der Waals surface area contributed by atoms with E-state index in [1.807, 2.05) is 0 Å². The Morgan fingerprint density at radius 1 is 1.40 bits per heavy atom. The van der Waals surface area contributed by atoms with Gasteiger partial charge in [-0.15, -0.1) is 0 Å². The zero-order valence-electron chi connectivity index (χ0n) is 5.20. The summed E-state index contributed by atoms with van der Waals surface area (Å²) in [7, 11) is 5.59. The molecule has 0 fully saturated rings. The fourth-order valence-corrected chi connectivity index (χ4v) is 0.869. The quantitative estimate of drug-likeness (QED) is 0.498. The Balaban J connectivity index is 2.95. The number of rotatable bonds is 0. The number of hydrogen-bond donors (Lipinski definition) is 1. The SMILES string of the molecule is [B]c1ccnc2nc[nH]c12. The lowest BCUT2D eigenvalue weighted by molar-refractivity contribution is 1.30. The summed E-state index contributed by atoms with van der Waals surface area (Å²) in [4.78, 5) is 10.8. The summed E-state index contributed by atoms with van der Waals surface area (Å²) in [5.41, 5.74) is 2.16. The molecule has 0 spiro atoms. The highest BCUT2D eigenvalue weighted by atomic mass is 14.9. The molecule has 0 aliphatic heterocycles. The van der Waals surface area contributed by atoms with Gasteiger partial charge in [0.25, 0.3) is 0 Å². The first-order chi connectivity index (χ1) is 4.88. The predicted octanol–water partition coefficient (Wildman–Crippen LogP) is -0.248. The molecule has 46 valence electrons. The van der Waals surface area contributed by atoms with Gasteiger partial charge in [0.2, 0.25) is 0 Å². The molecule has 2 aromatic rings. The first kappa shape index (κ1) is 5.47. The van der Waals surface area contributed by atoms with Gasteiger partial charge in [0, 0.05) is 6.20 Å². The number of imidazole rings is 1. The number of pyridine rings is 1. The molecule has 0 unspecified atom stereocenters. The van der Waals surface area contributed by atoms with Crippen LogP contribution >= 0.6 is 0 Å². The van der Waals surface area contributed by atoms with Crippen LogP contribution in [-0.4, -0.2) is 22.8 Å². The van der Waals surface area contributed by atoms with Crippen LogP contribution in [0, 0.1) is 0 Å². The molecule has 0 amide bonds. The van der Waals surface area contributed by atoms with Crippen LogP contribution < -0.4 is 5.46 Å². The van der Waals surface area contributed by atoms with Crippen molar-refractivity contribution in [3.8, 4) is 0 Å². The number of aromatic amines is 1. The molecule has 4 heteroatoms. The Kier molecular flexibility index (Phi) is 1.00. The van der Waals surface area contributed by atoms with Crippen LogP contribution in [0.25, 0.3) is 11.2 Å². The number of aromatic nitrogens is 3. The van der Waals surface area contributed by atoms with E-state index in [2.05, 4.69) is 15.0 Å². The number of fused-ring (bicyclic) bond motifs is 1. The van der Waals surface area contributed by atoms with E-state index >= 15 is 0 Å². The average molecular weight is 129 g/mol. The topological polar surface area (TPSA) is 41.6 Å². The summed E-state index contributed by atoms with van der Waals surface area (Å²) in [6, 6.07) is 1.74. The standard InChI is InChI=1S/C6H4BN3/c7-4-1-2-8-6-5(4)9-3-10-6/h1-3H,(H,8,9,10). The maximum Gasteiger partial charge on any atom is 0.176 e. The molecule has 2 aromatic heterocycles. The Morgan fingerprint density at radius 2 is 2.30 bits per heavy atom. The first-order valence-corrected chi connectivity index (χ1v) is 2.91. The number of H-pyrrole nitrogens is 1. The molecule has 0 atom stereocenters. The maximum atomic E-state index is 5.59. The normalized spacial score (nSPS) is 10.4. The molecule has 10 heavy (non-hydrogen) atoms. The van der Waals surface area contributed by atoms with E-state index in [0.29, 0.717) is 11.1 Å². The highest BCUT2D eigenvalue weighted by Gasteiger charge is 1.96. The molecule has 0 aromatic carbocycles. The van der Waals surface area contributed by atoms with Crippen molar-refractivity contribution in [1.82, 2.24) is 15.0 Å². The third-order valence-corrected chi connectivity index (χ3v) is 1.36. The largest absolute Gasteiger partial charge is 0.344 e. The molecule has 2 radical (unpaired) electrons. The van der Waals surface area contributed by atoms with E-state index < -0.39 is 0 Å². The van der Waals surface area contributed by atoms with Crippen LogP contribution in [-0.2, 0) is 0 Å². The van der Waals surface area contributed by atoms with Crippen LogP contribution in [0.4, 0.5) is 0 Å². The maximum absolute atomic E-state index is 5.59. The Hall–Kier alpha value is -1.32. The van der Waals surface area contributed by atoms with E-state index in [9.17, 15) is 0 Å². The summed E-state index contributed by atoms with van der Waals surface area (Å²) < 4.78 is 0. The highest BCUT2D eigenvalue weighted by molar-refractivity contribution is 6.37. The fourth-order valence-electron chi connectivity index (χ4n) is 0.869. The Labute approximate surface area is 58.9 Å². The Bertz CT molecular complexity index is 355. The Morgan fingerprint density at radius 3 is 3.10 bits per heavy atom. The van der Waals surface area contributed by atoms with Crippen molar-refractivity contribution in [2.75, 3.05) is 0 Å². The highest BCUT2D eigenvalue weighted by Crippen LogP contribution is 1.98.